The first-order valence-electron chi connectivity index (χ1n) is 10.7. The number of benzene rings is 2. The van der Waals surface area contributed by atoms with E-state index in [9.17, 15) is 4.79 Å². The third-order valence-corrected chi connectivity index (χ3v) is 6.41. The van der Waals surface area contributed by atoms with Gasteiger partial charge in [-0.25, -0.2) is 9.97 Å². The van der Waals surface area contributed by atoms with Crippen LogP contribution in [0.1, 0.15) is 39.0 Å². The maximum atomic E-state index is 12.7. The predicted octanol–water partition coefficient (Wildman–Crippen LogP) is 5.74. The minimum absolute atomic E-state index is 0.0712. The minimum Gasteiger partial charge on any atom is -0.352 e. The van der Waals surface area contributed by atoms with Gasteiger partial charge in [-0.15, -0.1) is 0 Å². The first-order chi connectivity index (χ1) is 14.7. The van der Waals surface area contributed by atoms with Gasteiger partial charge >= 0.3 is 0 Å². The van der Waals surface area contributed by atoms with Crippen LogP contribution in [0.4, 0.5) is 0 Å². The molecule has 1 amide bonds. The summed E-state index contributed by atoms with van der Waals surface area (Å²) in [6.07, 6.45) is 5.85. The highest BCUT2D eigenvalue weighted by Crippen LogP contribution is 2.29. The summed E-state index contributed by atoms with van der Waals surface area (Å²) in [6.45, 7) is 1.93. The zero-order chi connectivity index (χ0) is 20.8. The second-order valence-electron chi connectivity index (χ2n) is 7.76. The van der Waals surface area contributed by atoms with Gasteiger partial charge in [0.2, 0.25) is 5.91 Å². The number of rotatable bonds is 6. The Morgan fingerprint density at radius 1 is 0.900 bits per heavy atom. The van der Waals surface area contributed by atoms with Gasteiger partial charge in [-0.05, 0) is 25.8 Å². The van der Waals surface area contributed by atoms with Crippen molar-refractivity contribution in [1.82, 2.24) is 15.3 Å². The van der Waals surface area contributed by atoms with E-state index in [0.29, 0.717) is 11.2 Å². The number of carbonyl (C=O) groups is 1. The molecule has 4 rings (SSSR count). The van der Waals surface area contributed by atoms with E-state index in [1.165, 1.54) is 31.0 Å². The molecule has 154 valence electrons. The van der Waals surface area contributed by atoms with E-state index < -0.39 is 0 Å². The van der Waals surface area contributed by atoms with Crippen molar-refractivity contribution >= 4 is 17.7 Å². The SMILES string of the molecule is CC(Sc1nc(-c2ccccc2)cc(-c2ccccc2)n1)C(=O)NC1CCCCC1. The highest BCUT2D eigenvalue weighted by Gasteiger charge is 2.22. The van der Waals surface area contributed by atoms with Crippen LogP contribution in [0.2, 0.25) is 0 Å². The Morgan fingerprint density at radius 2 is 1.43 bits per heavy atom. The van der Waals surface area contributed by atoms with Crippen molar-refractivity contribution in [3.05, 3.63) is 66.7 Å². The van der Waals surface area contributed by atoms with Crippen LogP contribution in [0.25, 0.3) is 22.5 Å². The topological polar surface area (TPSA) is 54.9 Å². The summed E-state index contributed by atoms with van der Waals surface area (Å²) < 4.78 is 0. The van der Waals surface area contributed by atoms with Gasteiger partial charge in [0.15, 0.2) is 5.16 Å². The molecule has 0 radical (unpaired) electrons. The van der Waals surface area contributed by atoms with Crippen molar-refractivity contribution < 1.29 is 4.79 Å². The van der Waals surface area contributed by atoms with Gasteiger partial charge in [0.1, 0.15) is 0 Å². The number of carbonyl (C=O) groups excluding carboxylic acids is 1. The van der Waals surface area contributed by atoms with E-state index in [1.54, 1.807) is 0 Å². The lowest BCUT2D eigenvalue weighted by molar-refractivity contribution is -0.121. The van der Waals surface area contributed by atoms with Crippen molar-refractivity contribution in [1.29, 1.82) is 0 Å². The number of hydrogen-bond acceptors (Lipinski definition) is 4. The average molecular weight is 418 g/mol. The molecular weight excluding hydrogens is 390 g/mol. The Labute approximate surface area is 182 Å². The summed E-state index contributed by atoms with van der Waals surface area (Å²) in [7, 11) is 0. The Kier molecular flexibility index (Phi) is 6.80. The molecule has 1 N–H and O–H groups in total. The first-order valence-corrected chi connectivity index (χ1v) is 11.5. The van der Waals surface area contributed by atoms with Gasteiger partial charge in [-0.2, -0.15) is 0 Å². The van der Waals surface area contributed by atoms with Crippen LogP contribution in [-0.2, 0) is 4.79 Å². The molecule has 0 spiro atoms. The fourth-order valence-electron chi connectivity index (χ4n) is 3.77. The Hall–Kier alpha value is -2.66. The number of nitrogens with zero attached hydrogens (tertiary/aromatic N) is 2. The zero-order valence-corrected chi connectivity index (χ0v) is 18.1. The van der Waals surface area contributed by atoms with E-state index >= 15 is 0 Å². The van der Waals surface area contributed by atoms with Crippen LogP contribution >= 0.6 is 11.8 Å². The van der Waals surface area contributed by atoms with Gasteiger partial charge in [-0.3, -0.25) is 4.79 Å². The monoisotopic (exact) mass is 417 g/mol. The second-order valence-corrected chi connectivity index (χ2v) is 9.06. The summed E-state index contributed by atoms with van der Waals surface area (Å²) in [5.74, 6) is 0.0712. The molecule has 3 aromatic rings. The molecule has 2 aromatic carbocycles. The molecule has 1 aliphatic rings. The maximum Gasteiger partial charge on any atom is 0.233 e. The normalized spacial score (nSPS) is 15.5. The fourth-order valence-corrected chi connectivity index (χ4v) is 4.56. The molecule has 0 saturated heterocycles. The standard InChI is InChI=1S/C25H27N3OS/c1-18(24(29)26-21-15-9-4-10-16-21)30-25-27-22(19-11-5-2-6-12-19)17-23(28-25)20-13-7-3-8-14-20/h2-3,5-8,11-14,17-18,21H,4,9-10,15-16H2,1H3,(H,26,29). The lowest BCUT2D eigenvalue weighted by Crippen LogP contribution is -2.40. The van der Waals surface area contributed by atoms with Crippen LogP contribution in [0.15, 0.2) is 71.9 Å². The van der Waals surface area contributed by atoms with E-state index in [2.05, 4.69) is 5.32 Å². The van der Waals surface area contributed by atoms with Gasteiger partial charge in [0.05, 0.1) is 16.6 Å². The van der Waals surface area contributed by atoms with Gasteiger partial charge < -0.3 is 5.32 Å². The Morgan fingerprint density at radius 3 is 1.97 bits per heavy atom. The highest BCUT2D eigenvalue weighted by atomic mass is 32.2. The zero-order valence-electron chi connectivity index (χ0n) is 17.3. The smallest absolute Gasteiger partial charge is 0.233 e. The molecule has 1 heterocycles. The van der Waals surface area contributed by atoms with Crippen LogP contribution in [0.5, 0.6) is 0 Å². The van der Waals surface area contributed by atoms with Crippen LogP contribution in [0.3, 0.4) is 0 Å². The largest absolute Gasteiger partial charge is 0.352 e. The number of amides is 1. The molecular formula is C25H27N3OS. The van der Waals surface area contributed by atoms with Crippen molar-refractivity contribution in [2.45, 2.75) is 55.5 Å². The van der Waals surface area contributed by atoms with Crippen LogP contribution in [-0.4, -0.2) is 27.2 Å². The third kappa shape index (κ3) is 5.28. The summed E-state index contributed by atoms with van der Waals surface area (Å²) >= 11 is 1.42. The molecule has 1 fully saturated rings. The molecule has 4 nitrogen and oxygen atoms in total. The molecule has 30 heavy (non-hydrogen) atoms. The number of hydrogen-bond donors (Lipinski definition) is 1. The Bertz CT molecular complexity index is 914. The lowest BCUT2D eigenvalue weighted by Gasteiger charge is -2.24. The molecule has 1 atom stereocenters. The van der Waals surface area contributed by atoms with E-state index in [4.69, 9.17) is 9.97 Å². The van der Waals surface area contributed by atoms with Crippen LogP contribution in [0, 0.1) is 0 Å². The van der Waals surface area contributed by atoms with Crippen molar-refractivity contribution in [2.75, 3.05) is 0 Å². The van der Waals surface area contributed by atoms with Crippen molar-refractivity contribution in [2.24, 2.45) is 0 Å². The number of nitrogens with one attached hydrogen (secondary N) is 1. The predicted molar refractivity (Wildman–Crippen MR) is 123 cm³/mol. The molecule has 0 aliphatic heterocycles. The van der Waals surface area contributed by atoms with Gasteiger partial charge in [-0.1, -0.05) is 91.7 Å². The van der Waals surface area contributed by atoms with Crippen LogP contribution < -0.4 is 5.32 Å². The van der Waals surface area contributed by atoms with E-state index in [-0.39, 0.29) is 11.2 Å². The van der Waals surface area contributed by atoms with Crippen molar-refractivity contribution in [3.63, 3.8) is 0 Å². The Balaban J connectivity index is 1.57. The summed E-state index contributed by atoms with van der Waals surface area (Å²) in [6, 6.07) is 22.5. The quantitative estimate of drug-likeness (QED) is 0.410. The first kappa shape index (κ1) is 20.6. The lowest BCUT2D eigenvalue weighted by atomic mass is 9.95. The number of thioether (sulfide) groups is 1. The molecule has 1 aliphatic carbocycles. The molecule has 1 saturated carbocycles. The number of aromatic nitrogens is 2. The summed E-state index contributed by atoms with van der Waals surface area (Å²) in [5.41, 5.74) is 3.81. The molecule has 1 aromatic heterocycles. The minimum atomic E-state index is -0.249. The summed E-state index contributed by atoms with van der Waals surface area (Å²) in [5, 5.41) is 3.59. The summed E-state index contributed by atoms with van der Waals surface area (Å²) in [4.78, 5) is 22.3. The average Bonchev–Trinajstić information content (AvgIpc) is 2.80. The van der Waals surface area contributed by atoms with Gasteiger partial charge in [0, 0.05) is 17.2 Å². The van der Waals surface area contributed by atoms with Gasteiger partial charge in [0.25, 0.3) is 0 Å². The van der Waals surface area contributed by atoms with E-state index in [0.717, 1.165) is 35.4 Å². The maximum absolute atomic E-state index is 12.7. The second kappa shape index (κ2) is 9.90. The highest BCUT2D eigenvalue weighted by molar-refractivity contribution is 8.00. The fraction of sp³-hybridized carbons (Fsp3) is 0.320. The molecule has 1 unspecified atom stereocenters. The molecule has 0 bridgehead atoms. The van der Waals surface area contributed by atoms with E-state index in [1.807, 2.05) is 73.7 Å². The van der Waals surface area contributed by atoms with Crippen molar-refractivity contribution in [3.8, 4) is 22.5 Å². The molecule has 5 heteroatoms. The third-order valence-electron chi connectivity index (χ3n) is 5.45.